The number of nitriles is 1. The van der Waals surface area contributed by atoms with Crippen LogP contribution >= 0.6 is 0 Å². The molecule has 0 unspecified atom stereocenters. The number of benzene rings is 1. The van der Waals surface area contributed by atoms with E-state index in [-0.39, 0.29) is 6.04 Å². The Morgan fingerprint density at radius 3 is 2.70 bits per heavy atom. The highest BCUT2D eigenvalue weighted by Crippen LogP contribution is 2.28. The zero-order valence-electron chi connectivity index (χ0n) is 17.5. The summed E-state index contributed by atoms with van der Waals surface area (Å²) in [6.07, 6.45) is 3.55. The van der Waals surface area contributed by atoms with Crippen LogP contribution in [0.1, 0.15) is 41.3 Å². The number of ether oxygens (including phenoxy) is 1. The van der Waals surface area contributed by atoms with E-state index in [1.165, 1.54) is 5.56 Å². The number of hydrogen-bond acceptors (Lipinski definition) is 4. The maximum Gasteiger partial charge on any atom is 0.215 e. The fourth-order valence-electron chi connectivity index (χ4n) is 3.86. The molecule has 30 heavy (non-hydrogen) atoms. The Morgan fingerprint density at radius 1 is 1.23 bits per heavy atom. The minimum atomic E-state index is 0.198. The summed E-state index contributed by atoms with van der Waals surface area (Å²) in [4.78, 5) is 11.9. The lowest BCUT2D eigenvalue weighted by Crippen LogP contribution is -2.10. The summed E-state index contributed by atoms with van der Waals surface area (Å²) >= 11 is 0. The first-order chi connectivity index (χ1) is 14.5. The summed E-state index contributed by atoms with van der Waals surface area (Å²) in [5, 5.41) is 9.80. The standard InChI is InChI=1S/C24H23N5O/c1-15-10-19(17(3)29(15)16(2)18-8-6-5-7-9-18)11-20(13-25)24-27-21-12-23(30-4)26-14-22(21)28-24/h5-12,14,16H,1-4H3,(H,27,28)/b20-11+/t16-/m0/s1. The van der Waals surface area contributed by atoms with Gasteiger partial charge in [-0.2, -0.15) is 5.26 Å². The van der Waals surface area contributed by atoms with Crippen LogP contribution in [0.4, 0.5) is 0 Å². The van der Waals surface area contributed by atoms with Gasteiger partial charge in [0.05, 0.1) is 36.0 Å². The molecule has 1 atom stereocenters. The Hall–Kier alpha value is -3.85. The van der Waals surface area contributed by atoms with Gasteiger partial charge < -0.3 is 14.3 Å². The SMILES string of the molecule is COc1cc2nc(/C(C#N)=C/c3cc(C)n([C@@H](C)c4ccccc4)c3C)[nH]c2cn1. The van der Waals surface area contributed by atoms with Crippen LogP contribution < -0.4 is 4.74 Å². The van der Waals surface area contributed by atoms with Gasteiger partial charge in [0.15, 0.2) is 0 Å². The van der Waals surface area contributed by atoms with Gasteiger partial charge in [-0.1, -0.05) is 30.3 Å². The van der Waals surface area contributed by atoms with Crippen molar-refractivity contribution in [1.29, 1.82) is 5.26 Å². The van der Waals surface area contributed by atoms with Crippen LogP contribution in [0.15, 0.2) is 48.7 Å². The van der Waals surface area contributed by atoms with Crippen LogP contribution in [0, 0.1) is 25.2 Å². The van der Waals surface area contributed by atoms with Crippen LogP contribution in [0.25, 0.3) is 22.7 Å². The summed E-state index contributed by atoms with van der Waals surface area (Å²) < 4.78 is 7.45. The van der Waals surface area contributed by atoms with Crippen LogP contribution in [0.5, 0.6) is 5.88 Å². The van der Waals surface area contributed by atoms with Gasteiger partial charge in [-0.05, 0) is 44.0 Å². The first kappa shape index (κ1) is 19.5. The quantitative estimate of drug-likeness (QED) is 0.478. The molecule has 6 heteroatoms. The summed E-state index contributed by atoms with van der Waals surface area (Å²) in [6.45, 7) is 6.36. The number of pyridine rings is 1. The van der Waals surface area contributed by atoms with Crippen molar-refractivity contribution in [1.82, 2.24) is 19.5 Å². The van der Waals surface area contributed by atoms with E-state index in [9.17, 15) is 5.26 Å². The maximum atomic E-state index is 9.80. The average molecular weight is 397 g/mol. The number of H-pyrrole nitrogens is 1. The van der Waals surface area contributed by atoms with Gasteiger partial charge >= 0.3 is 0 Å². The topological polar surface area (TPSA) is 79.5 Å². The third-order valence-electron chi connectivity index (χ3n) is 5.42. The Bertz CT molecular complexity index is 1270. The molecule has 6 nitrogen and oxygen atoms in total. The Balaban J connectivity index is 1.74. The van der Waals surface area contributed by atoms with Crippen molar-refractivity contribution in [2.45, 2.75) is 26.8 Å². The van der Waals surface area contributed by atoms with E-state index in [2.05, 4.69) is 76.7 Å². The minimum absolute atomic E-state index is 0.198. The number of fused-ring (bicyclic) bond motifs is 1. The van der Waals surface area contributed by atoms with E-state index in [1.54, 1.807) is 19.4 Å². The van der Waals surface area contributed by atoms with E-state index in [4.69, 9.17) is 4.74 Å². The third kappa shape index (κ3) is 3.46. The lowest BCUT2D eigenvalue weighted by molar-refractivity contribution is 0.398. The van der Waals surface area contributed by atoms with Gasteiger partial charge in [-0.3, -0.25) is 0 Å². The summed E-state index contributed by atoms with van der Waals surface area (Å²) in [5.41, 5.74) is 6.44. The monoisotopic (exact) mass is 397 g/mol. The number of aromatic nitrogens is 4. The van der Waals surface area contributed by atoms with Crippen LogP contribution in [-0.2, 0) is 0 Å². The van der Waals surface area contributed by atoms with Crippen molar-refractivity contribution in [3.63, 3.8) is 0 Å². The van der Waals surface area contributed by atoms with Gasteiger partial charge in [0, 0.05) is 17.5 Å². The second-order valence-electron chi connectivity index (χ2n) is 7.28. The predicted octanol–water partition coefficient (Wildman–Crippen LogP) is 5.06. The predicted molar refractivity (Wildman–Crippen MR) is 118 cm³/mol. The van der Waals surface area contributed by atoms with Crippen molar-refractivity contribution >= 4 is 22.7 Å². The summed E-state index contributed by atoms with van der Waals surface area (Å²) in [6, 6.07) is 16.7. The molecular formula is C24H23N5O. The second-order valence-corrected chi connectivity index (χ2v) is 7.28. The van der Waals surface area contributed by atoms with Crippen LogP contribution in [0.3, 0.4) is 0 Å². The molecule has 0 aliphatic rings. The number of rotatable bonds is 5. The van der Waals surface area contributed by atoms with Gasteiger partial charge in [-0.25, -0.2) is 9.97 Å². The van der Waals surface area contributed by atoms with Gasteiger partial charge in [-0.15, -0.1) is 0 Å². The normalized spacial score (nSPS) is 12.7. The number of nitrogens with one attached hydrogen (secondary N) is 1. The van der Waals surface area contributed by atoms with Gasteiger partial charge in [0.2, 0.25) is 5.88 Å². The van der Waals surface area contributed by atoms with E-state index in [0.717, 1.165) is 22.5 Å². The molecule has 0 aliphatic carbocycles. The van der Waals surface area contributed by atoms with Crippen LogP contribution in [-0.4, -0.2) is 26.6 Å². The molecule has 0 amide bonds. The molecule has 0 aliphatic heterocycles. The second kappa shape index (κ2) is 7.88. The molecule has 3 aromatic heterocycles. The third-order valence-corrected chi connectivity index (χ3v) is 5.42. The smallest absolute Gasteiger partial charge is 0.215 e. The highest BCUT2D eigenvalue weighted by atomic mass is 16.5. The highest BCUT2D eigenvalue weighted by molar-refractivity contribution is 5.90. The van der Waals surface area contributed by atoms with Crippen molar-refractivity contribution in [3.05, 3.63) is 77.0 Å². The molecule has 4 aromatic rings. The summed E-state index contributed by atoms with van der Waals surface area (Å²) in [5.74, 6) is 1.00. The van der Waals surface area contributed by atoms with Crippen molar-refractivity contribution in [2.24, 2.45) is 0 Å². The molecule has 0 bridgehead atoms. The van der Waals surface area contributed by atoms with Crippen molar-refractivity contribution in [3.8, 4) is 11.9 Å². The molecule has 0 spiro atoms. The Kier molecular flexibility index (Phi) is 5.11. The number of aryl methyl sites for hydroxylation is 1. The first-order valence-corrected chi connectivity index (χ1v) is 9.77. The average Bonchev–Trinajstić information content (AvgIpc) is 3.31. The number of hydrogen-bond donors (Lipinski definition) is 1. The molecule has 3 heterocycles. The van der Waals surface area contributed by atoms with Crippen molar-refractivity contribution < 1.29 is 4.74 Å². The lowest BCUT2D eigenvalue weighted by Gasteiger charge is -2.19. The number of allylic oxidation sites excluding steroid dienone is 1. The van der Waals surface area contributed by atoms with E-state index < -0.39 is 0 Å². The molecular weight excluding hydrogens is 374 g/mol. The van der Waals surface area contributed by atoms with Crippen molar-refractivity contribution in [2.75, 3.05) is 7.11 Å². The molecule has 0 radical (unpaired) electrons. The molecule has 0 saturated heterocycles. The molecule has 0 fully saturated rings. The van der Waals surface area contributed by atoms with E-state index in [0.29, 0.717) is 22.8 Å². The highest BCUT2D eigenvalue weighted by Gasteiger charge is 2.16. The number of nitrogens with zero attached hydrogens (tertiary/aromatic N) is 4. The number of methoxy groups -OCH3 is 1. The van der Waals surface area contributed by atoms with Gasteiger partial charge in [0.1, 0.15) is 11.9 Å². The molecule has 150 valence electrons. The summed E-state index contributed by atoms with van der Waals surface area (Å²) in [7, 11) is 1.56. The minimum Gasteiger partial charge on any atom is -0.481 e. The Morgan fingerprint density at radius 2 is 2.00 bits per heavy atom. The van der Waals surface area contributed by atoms with E-state index >= 15 is 0 Å². The number of aromatic amines is 1. The fourth-order valence-corrected chi connectivity index (χ4v) is 3.86. The Labute approximate surface area is 175 Å². The fraction of sp³-hybridized carbons (Fsp3) is 0.208. The maximum absolute atomic E-state index is 9.80. The van der Waals surface area contributed by atoms with E-state index in [1.807, 2.05) is 12.1 Å². The molecule has 1 aromatic carbocycles. The number of imidazole rings is 1. The zero-order chi connectivity index (χ0) is 21.3. The zero-order valence-corrected chi connectivity index (χ0v) is 17.5. The largest absolute Gasteiger partial charge is 0.481 e. The van der Waals surface area contributed by atoms with Gasteiger partial charge in [0.25, 0.3) is 0 Å². The molecule has 1 N–H and O–H groups in total. The molecule has 4 rings (SSSR count). The first-order valence-electron chi connectivity index (χ1n) is 9.77. The lowest BCUT2D eigenvalue weighted by atomic mass is 10.1. The van der Waals surface area contributed by atoms with Crippen LogP contribution in [0.2, 0.25) is 0 Å². The molecule has 0 saturated carbocycles.